The van der Waals surface area contributed by atoms with Crippen molar-refractivity contribution in [1.82, 2.24) is 0 Å². The summed E-state index contributed by atoms with van der Waals surface area (Å²) in [4.78, 5) is 0. The molecular formula is C4H11FO2Si. The van der Waals surface area contributed by atoms with E-state index in [1.165, 1.54) is 0 Å². The van der Waals surface area contributed by atoms with Crippen molar-refractivity contribution in [2.45, 2.75) is 13.8 Å². The van der Waals surface area contributed by atoms with Gasteiger partial charge in [0.1, 0.15) is 0 Å². The molecule has 0 spiro atoms. The highest BCUT2D eigenvalue weighted by molar-refractivity contribution is 6.35. The quantitative estimate of drug-likeness (QED) is 0.421. The molecule has 0 fully saturated rings. The third-order valence-electron chi connectivity index (χ3n) is 0.595. The van der Waals surface area contributed by atoms with Crippen LogP contribution in [0, 0.1) is 0 Å². The largest absolute Gasteiger partial charge is 0.523 e. The van der Waals surface area contributed by atoms with Gasteiger partial charge in [0.15, 0.2) is 0 Å². The fourth-order valence-corrected chi connectivity index (χ4v) is 0.931. The Bertz CT molecular complexity index is 47.3. The Morgan fingerprint density at radius 1 is 1.25 bits per heavy atom. The monoisotopic (exact) mass is 138 g/mol. The van der Waals surface area contributed by atoms with Crippen LogP contribution in [0.1, 0.15) is 13.8 Å². The maximum Gasteiger partial charge on any atom is 0.523 e. The van der Waals surface area contributed by atoms with E-state index in [-0.39, 0.29) is 0 Å². The Kier molecular flexibility index (Phi) is 5.25. The first kappa shape index (κ1) is 8.07. The minimum atomic E-state index is -2.70. The smallest absolute Gasteiger partial charge is 0.373 e. The lowest BCUT2D eigenvalue weighted by Gasteiger charge is -2.02. The van der Waals surface area contributed by atoms with Gasteiger partial charge in [0.05, 0.1) is 0 Å². The fraction of sp³-hybridized carbons (Fsp3) is 1.00. The lowest BCUT2D eigenvalue weighted by molar-refractivity contribution is 0.177. The average Bonchev–Trinajstić information content (AvgIpc) is 1.68. The molecule has 0 atom stereocenters. The number of hydrogen-bond acceptors (Lipinski definition) is 2. The third kappa shape index (κ3) is 4.23. The summed E-state index contributed by atoms with van der Waals surface area (Å²) in [6, 6.07) is 0. The normalized spacial score (nSPS) is 10.5. The third-order valence-corrected chi connectivity index (χ3v) is 1.79. The average molecular weight is 138 g/mol. The van der Waals surface area contributed by atoms with Gasteiger partial charge in [-0.05, 0) is 13.8 Å². The minimum absolute atomic E-state index is 0.410. The van der Waals surface area contributed by atoms with E-state index in [1.54, 1.807) is 13.8 Å². The van der Waals surface area contributed by atoms with Gasteiger partial charge in [-0.15, -0.1) is 0 Å². The van der Waals surface area contributed by atoms with Gasteiger partial charge in [-0.3, -0.25) is 0 Å². The van der Waals surface area contributed by atoms with E-state index in [0.717, 1.165) is 0 Å². The first-order valence-corrected chi connectivity index (χ1v) is 4.06. The zero-order valence-corrected chi connectivity index (χ0v) is 6.34. The summed E-state index contributed by atoms with van der Waals surface area (Å²) < 4.78 is 21.2. The van der Waals surface area contributed by atoms with Crippen LogP contribution in [0.5, 0.6) is 0 Å². The van der Waals surface area contributed by atoms with Gasteiger partial charge < -0.3 is 8.85 Å². The molecule has 0 N–H and O–H groups in total. The molecule has 0 rings (SSSR count). The summed E-state index contributed by atoms with van der Waals surface area (Å²) in [7, 11) is -2.70. The highest BCUT2D eigenvalue weighted by atomic mass is 28.4. The molecule has 0 saturated carbocycles. The van der Waals surface area contributed by atoms with Crippen molar-refractivity contribution >= 4 is 9.62 Å². The van der Waals surface area contributed by atoms with Gasteiger partial charge in [-0.25, -0.2) is 4.11 Å². The van der Waals surface area contributed by atoms with Gasteiger partial charge in [-0.2, -0.15) is 0 Å². The second kappa shape index (κ2) is 5.21. The summed E-state index contributed by atoms with van der Waals surface area (Å²) in [6.07, 6.45) is 0. The van der Waals surface area contributed by atoms with Gasteiger partial charge in [-0.1, -0.05) is 0 Å². The first-order valence-electron chi connectivity index (χ1n) is 2.68. The number of hydrogen-bond donors (Lipinski definition) is 0. The molecular weight excluding hydrogens is 127 g/mol. The van der Waals surface area contributed by atoms with Gasteiger partial charge in [0.2, 0.25) is 0 Å². The van der Waals surface area contributed by atoms with Crippen molar-refractivity contribution in [3.8, 4) is 0 Å². The van der Waals surface area contributed by atoms with Crippen molar-refractivity contribution in [2.24, 2.45) is 0 Å². The molecule has 2 nitrogen and oxygen atoms in total. The van der Waals surface area contributed by atoms with Crippen molar-refractivity contribution in [1.29, 1.82) is 0 Å². The van der Waals surface area contributed by atoms with Crippen LogP contribution in [-0.2, 0) is 8.85 Å². The standard InChI is InChI=1S/C4H11FO2Si/c1-3-6-8(5)7-4-2/h8H,3-4H2,1-2H3. The molecule has 4 heteroatoms. The molecule has 0 aromatic carbocycles. The first-order chi connectivity index (χ1) is 3.81. The predicted octanol–water partition coefficient (Wildman–Crippen LogP) is 0.746. The van der Waals surface area contributed by atoms with Crippen molar-refractivity contribution < 1.29 is 13.0 Å². The summed E-state index contributed by atoms with van der Waals surface area (Å²) in [5.74, 6) is 0. The molecule has 0 amide bonds. The van der Waals surface area contributed by atoms with Gasteiger partial charge in [0, 0.05) is 13.2 Å². The fourth-order valence-electron chi connectivity index (χ4n) is 0.310. The van der Waals surface area contributed by atoms with Crippen LogP contribution < -0.4 is 0 Å². The van der Waals surface area contributed by atoms with E-state index in [2.05, 4.69) is 8.85 Å². The van der Waals surface area contributed by atoms with E-state index in [9.17, 15) is 4.11 Å². The molecule has 0 unspecified atom stereocenters. The van der Waals surface area contributed by atoms with Crippen LogP contribution >= 0.6 is 0 Å². The van der Waals surface area contributed by atoms with E-state index in [0.29, 0.717) is 13.2 Å². The van der Waals surface area contributed by atoms with Gasteiger partial charge in [0.25, 0.3) is 0 Å². The molecule has 0 aliphatic rings. The molecule has 50 valence electrons. The highest BCUT2D eigenvalue weighted by Gasteiger charge is 2.07. The van der Waals surface area contributed by atoms with Gasteiger partial charge >= 0.3 is 9.62 Å². The van der Waals surface area contributed by atoms with E-state index < -0.39 is 9.62 Å². The predicted molar refractivity (Wildman–Crippen MR) is 31.5 cm³/mol. The molecule has 0 saturated heterocycles. The lowest BCUT2D eigenvalue weighted by Crippen LogP contribution is -2.16. The van der Waals surface area contributed by atoms with Crippen LogP contribution in [0.2, 0.25) is 0 Å². The Balaban J connectivity index is 2.92. The minimum Gasteiger partial charge on any atom is -0.373 e. The molecule has 8 heavy (non-hydrogen) atoms. The molecule has 0 aromatic rings. The van der Waals surface area contributed by atoms with Crippen molar-refractivity contribution in [3.05, 3.63) is 0 Å². The molecule has 0 aliphatic heterocycles. The Morgan fingerprint density at radius 2 is 1.62 bits per heavy atom. The number of halogens is 1. The summed E-state index contributed by atoms with van der Waals surface area (Å²) >= 11 is 0. The summed E-state index contributed by atoms with van der Waals surface area (Å²) in [5.41, 5.74) is 0. The van der Waals surface area contributed by atoms with E-state index >= 15 is 0 Å². The van der Waals surface area contributed by atoms with E-state index in [4.69, 9.17) is 0 Å². The summed E-state index contributed by atoms with van der Waals surface area (Å²) in [6.45, 7) is 4.32. The number of rotatable bonds is 4. The van der Waals surface area contributed by atoms with Crippen LogP contribution in [0.25, 0.3) is 0 Å². The highest BCUT2D eigenvalue weighted by Crippen LogP contribution is 1.88. The topological polar surface area (TPSA) is 18.5 Å². The van der Waals surface area contributed by atoms with Crippen LogP contribution in [0.4, 0.5) is 4.11 Å². The Labute approximate surface area is 50.6 Å². The SMILES string of the molecule is CCO[SiH](F)OCC. The lowest BCUT2D eigenvalue weighted by atomic mass is 10.9. The molecule has 0 heterocycles. The molecule has 0 aliphatic carbocycles. The maximum absolute atomic E-state index is 12.1. The zero-order valence-electron chi connectivity index (χ0n) is 5.19. The zero-order chi connectivity index (χ0) is 6.41. The maximum atomic E-state index is 12.1. The van der Waals surface area contributed by atoms with E-state index in [1.807, 2.05) is 0 Å². The van der Waals surface area contributed by atoms with Crippen LogP contribution in [-0.4, -0.2) is 22.8 Å². The second-order valence-electron chi connectivity index (χ2n) is 1.19. The summed E-state index contributed by atoms with van der Waals surface area (Å²) in [5, 5.41) is 0. The Morgan fingerprint density at radius 3 is 1.88 bits per heavy atom. The van der Waals surface area contributed by atoms with Crippen LogP contribution in [0.15, 0.2) is 0 Å². The van der Waals surface area contributed by atoms with Crippen molar-refractivity contribution in [3.63, 3.8) is 0 Å². The molecule has 0 bridgehead atoms. The van der Waals surface area contributed by atoms with Crippen molar-refractivity contribution in [2.75, 3.05) is 13.2 Å². The van der Waals surface area contributed by atoms with Crippen LogP contribution in [0.3, 0.4) is 0 Å². The molecule has 0 radical (unpaired) electrons. The Hall–Kier alpha value is 0.0669. The second-order valence-corrected chi connectivity index (χ2v) is 2.40. The molecule has 0 aromatic heterocycles.